The van der Waals surface area contributed by atoms with E-state index in [-0.39, 0.29) is 20.4 Å². The maximum Gasteiger partial charge on any atom is 2.00 e. The molecule has 0 atom stereocenters. The van der Waals surface area contributed by atoms with Crippen LogP contribution in [0.2, 0.25) is 0 Å². The Hall–Kier alpha value is -6.82. The Morgan fingerprint density at radius 3 is 2.10 bits per heavy atom. The Labute approximate surface area is 348 Å². The topological polar surface area (TPSA) is 53.6 Å². The van der Waals surface area contributed by atoms with E-state index in [0.29, 0.717) is 11.5 Å². The van der Waals surface area contributed by atoms with Gasteiger partial charge < -0.3 is 18.4 Å². The summed E-state index contributed by atoms with van der Waals surface area (Å²) in [4.78, 5) is 9.67. The van der Waals surface area contributed by atoms with Crippen LogP contribution in [0.1, 0.15) is 0 Å². The Morgan fingerprint density at radius 1 is 0.534 bits per heavy atom. The molecule has 0 saturated heterocycles. The van der Waals surface area contributed by atoms with Crippen LogP contribution < -0.4 is 30.2 Å². The molecule has 0 radical (unpaired) electrons. The molecule has 0 bridgehead atoms. The molecule has 0 saturated carbocycles. The van der Waals surface area contributed by atoms with E-state index in [0.717, 1.165) is 66.4 Å². The number of nitrogens with zero attached hydrogens (tertiary/aromatic N) is 4. The van der Waals surface area contributed by atoms with Gasteiger partial charge in [-0.05, 0) is 56.5 Å². The van der Waals surface area contributed by atoms with E-state index in [9.17, 15) is 0 Å². The third-order valence-electron chi connectivity index (χ3n) is 11.4. The molecule has 1 aliphatic rings. The Balaban J connectivity index is 0.00000385. The van der Waals surface area contributed by atoms with Gasteiger partial charge in [0.1, 0.15) is 17.1 Å². The van der Waals surface area contributed by atoms with Gasteiger partial charge in [-0.1, -0.05) is 126 Å². The van der Waals surface area contributed by atoms with E-state index in [1.54, 1.807) is 0 Å². The van der Waals surface area contributed by atoms with Crippen molar-refractivity contribution in [1.29, 1.82) is 0 Å². The molecule has 0 fully saturated rings. The van der Waals surface area contributed by atoms with E-state index < -0.39 is 8.07 Å². The first-order valence-electron chi connectivity index (χ1n) is 19.0. The van der Waals surface area contributed by atoms with Crippen molar-refractivity contribution in [1.82, 2.24) is 18.9 Å². The number of ether oxygens (including phenoxy) is 2. The molecule has 0 spiro atoms. The quantitative estimate of drug-likeness (QED) is 0.0987. The van der Waals surface area contributed by atoms with Crippen LogP contribution in [0.5, 0.6) is 23.0 Å². The van der Waals surface area contributed by atoms with Crippen LogP contribution in [0.4, 0.5) is 0 Å². The SMILES string of the molecule is [Pd+2].[c-]1c(Oc2[c-]c3c(cc2)c2ccccc2n2ccnc32)cccc1-n1c2ccc3c(c2c2cccnc21)Oc1ccccc1[Si]3(c1ccccc1)c1ccccc1. The molecule has 0 unspecified atom stereocenters. The predicted octanol–water partition coefficient (Wildman–Crippen LogP) is 9.01. The van der Waals surface area contributed by atoms with Gasteiger partial charge in [0.2, 0.25) is 0 Å². The summed E-state index contributed by atoms with van der Waals surface area (Å²) in [6, 6.07) is 64.7. The van der Waals surface area contributed by atoms with Crippen LogP contribution >= 0.6 is 0 Å². The van der Waals surface area contributed by atoms with Gasteiger partial charge in [-0.2, -0.15) is 6.07 Å². The van der Waals surface area contributed by atoms with Crippen molar-refractivity contribution in [3.63, 3.8) is 0 Å². The standard InChI is InChI=1S/C50H30N4O2Si.Pd/c1-3-15-36(16-4-1)57(37-17-5-2-6-18-37)45-23-10-9-22-44(45)56-48-46(57)27-26-43-47(48)40-20-12-28-51-50(40)54(43)33-13-11-14-34(31-33)55-35-24-25-38-39-19-7-8-21-42(39)53-30-29-52-49(53)41(38)32-35;/h1-30H;/q-2;+2. The van der Waals surface area contributed by atoms with Gasteiger partial charge in [-0.25, -0.2) is 4.98 Å². The first kappa shape index (κ1) is 34.4. The summed E-state index contributed by atoms with van der Waals surface area (Å²) in [7, 11) is -2.84. The summed E-state index contributed by atoms with van der Waals surface area (Å²) in [5.41, 5.74) is 4.53. The van der Waals surface area contributed by atoms with Crippen molar-refractivity contribution in [2.75, 3.05) is 0 Å². The first-order chi connectivity index (χ1) is 28.3. The van der Waals surface area contributed by atoms with Crippen LogP contribution in [0.15, 0.2) is 182 Å². The molecular weight excluding hydrogens is 823 g/mol. The zero-order valence-electron chi connectivity index (χ0n) is 30.7. The third kappa shape index (κ3) is 4.93. The van der Waals surface area contributed by atoms with Crippen LogP contribution in [-0.4, -0.2) is 27.0 Å². The summed E-state index contributed by atoms with van der Waals surface area (Å²) < 4.78 is 17.9. The molecule has 12 rings (SSSR count). The monoisotopic (exact) mass is 852 g/mol. The Kier molecular flexibility index (Phi) is 7.95. The molecule has 8 heteroatoms. The average molecular weight is 853 g/mol. The number of imidazole rings is 1. The fourth-order valence-corrected chi connectivity index (χ4v) is 14.1. The zero-order valence-corrected chi connectivity index (χ0v) is 33.3. The van der Waals surface area contributed by atoms with Crippen molar-refractivity contribution in [2.24, 2.45) is 0 Å². The summed E-state index contributed by atoms with van der Waals surface area (Å²) in [5.74, 6) is 2.91. The molecule has 1 aliphatic heterocycles. The fourth-order valence-electron chi connectivity index (χ4n) is 9.11. The minimum atomic E-state index is -2.84. The van der Waals surface area contributed by atoms with Crippen molar-refractivity contribution in [2.45, 2.75) is 0 Å². The van der Waals surface area contributed by atoms with Crippen molar-refractivity contribution >= 4 is 78.1 Å². The summed E-state index contributed by atoms with van der Waals surface area (Å²) >= 11 is 0. The number of benzene rings is 7. The van der Waals surface area contributed by atoms with Crippen molar-refractivity contribution in [3.8, 4) is 28.7 Å². The van der Waals surface area contributed by atoms with E-state index in [1.807, 2.05) is 48.9 Å². The average Bonchev–Trinajstić information content (AvgIpc) is 3.91. The normalized spacial score (nSPS) is 13.0. The second-order valence-electron chi connectivity index (χ2n) is 14.4. The maximum atomic E-state index is 7.08. The van der Waals surface area contributed by atoms with Gasteiger partial charge in [-0.15, -0.1) is 30.3 Å². The number of fused-ring (bicyclic) bond motifs is 12. The number of para-hydroxylation sites is 2. The number of hydrogen-bond acceptors (Lipinski definition) is 4. The van der Waals surface area contributed by atoms with Gasteiger partial charge in [0.05, 0.1) is 16.6 Å². The molecule has 0 N–H and O–H groups in total. The van der Waals surface area contributed by atoms with Gasteiger partial charge in [0, 0.05) is 41.0 Å². The van der Waals surface area contributed by atoms with Crippen molar-refractivity contribution in [3.05, 3.63) is 195 Å². The zero-order chi connectivity index (χ0) is 37.5. The minimum absolute atomic E-state index is 0. The maximum absolute atomic E-state index is 7.08. The second kappa shape index (κ2) is 13.4. The van der Waals surface area contributed by atoms with Crippen molar-refractivity contribution < 1.29 is 29.9 Å². The van der Waals surface area contributed by atoms with E-state index in [4.69, 9.17) is 14.5 Å². The number of pyridine rings is 2. The molecule has 6 nitrogen and oxygen atoms in total. The molecule has 58 heavy (non-hydrogen) atoms. The molecule has 276 valence electrons. The van der Waals surface area contributed by atoms with E-state index in [1.165, 1.54) is 20.7 Å². The number of rotatable bonds is 5. The first-order valence-corrected chi connectivity index (χ1v) is 21.0. The summed E-state index contributed by atoms with van der Waals surface area (Å²) in [5, 5.41) is 10.2. The minimum Gasteiger partial charge on any atom is -0.503 e. The smallest absolute Gasteiger partial charge is 0.503 e. The summed E-state index contributed by atoms with van der Waals surface area (Å²) in [6.45, 7) is 0. The van der Waals surface area contributed by atoms with Gasteiger partial charge in [-0.3, -0.25) is 4.98 Å². The largest absolute Gasteiger partial charge is 2.00 e. The Morgan fingerprint density at radius 2 is 1.26 bits per heavy atom. The molecule has 5 heterocycles. The predicted molar refractivity (Wildman–Crippen MR) is 230 cm³/mol. The van der Waals surface area contributed by atoms with Gasteiger partial charge >= 0.3 is 20.4 Å². The number of aromatic nitrogens is 4. The summed E-state index contributed by atoms with van der Waals surface area (Å²) in [6.07, 6.45) is 5.66. The molecule has 7 aromatic carbocycles. The van der Waals surface area contributed by atoms with Crippen LogP contribution in [0, 0.1) is 12.1 Å². The fraction of sp³-hybridized carbons (Fsp3) is 0. The van der Waals surface area contributed by atoms with E-state index >= 15 is 0 Å². The molecule has 4 aromatic heterocycles. The van der Waals surface area contributed by atoms with Crippen LogP contribution in [0.3, 0.4) is 0 Å². The third-order valence-corrected chi connectivity index (χ3v) is 16.2. The van der Waals surface area contributed by atoms with Gasteiger partial charge in [0.15, 0.2) is 8.07 Å². The Bertz CT molecular complexity index is 3340. The molecule has 11 aromatic rings. The van der Waals surface area contributed by atoms with E-state index in [2.05, 4.69) is 160 Å². The second-order valence-corrected chi connectivity index (χ2v) is 18.1. The molecule has 0 amide bonds. The van der Waals surface area contributed by atoms with Crippen LogP contribution in [-0.2, 0) is 20.4 Å². The molecular formula is C50H30N4O2PdSi. The molecule has 0 aliphatic carbocycles. The van der Waals surface area contributed by atoms with Crippen LogP contribution in [0.25, 0.3) is 54.9 Å². The number of hydrogen-bond donors (Lipinski definition) is 0. The van der Waals surface area contributed by atoms with Gasteiger partial charge in [0.25, 0.3) is 0 Å².